The molecule has 0 heterocycles. The fraction of sp³-hybridized carbons (Fsp3) is 0.500. The Morgan fingerprint density at radius 3 is 1.90 bits per heavy atom. The Morgan fingerprint density at radius 2 is 1.38 bits per heavy atom. The first kappa shape index (κ1) is 18.2. The van der Waals surface area contributed by atoms with Crippen molar-refractivity contribution >= 4 is 27.1 Å². The van der Waals surface area contributed by atoms with Gasteiger partial charge in [0, 0.05) is 4.47 Å². The summed E-state index contributed by atoms with van der Waals surface area (Å²) in [7, 11) is 0. The third kappa shape index (κ3) is 6.22. The van der Waals surface area contributed by atoms with Crippen LogP contribution in [0.15, 0.2) is 35.8 Å². The molecule has 0 spiro atoms. The molecule has 0 aliphatic heterocycles. The third-order valence-electron chi connectivity index (χ3n) is 3.91. The van der Waals surface area contributed by atoms with E-state index in [0.717, 1.165) is 17.3 Å². The topological polar surface area (TPSA) is 0 Å². The third-order valence-corrected chi connectivity index (χ3v) is 4.40. The van der Waals surface area contributed by atoms with Crippen LogP contribution in [0, 0.1) is 0 Å². The SMILES string of the molecule is C=C(CCCCC)c1ccc(Br)cc1C(=C)CCCCC. The molecule has 0 atom stereocenters. The zero-order chi connectivity index (χ0) is 15.7. The van der Waals surface area contributed by atoms with Gasteiger partial charge in [-0.25, -0.2) is 0 Å². The van der Waals surface area contributed by atoms with Gasteiger partial charge in [0.1, 0.15) is 0 Å². The van der Waals surface area contributed by atoms with Crippen LogP contribution < -0.4 is 0 Å². The number of halogens is 1. The zero-order valence-corrected chi connectivity index (χ0v) is 15.3. The van der Waals surface area contributed by atoms with E-state index in [9.17, 15) is 0 Å². The summed E-state index contributed by atoms with van der Waals surface area (Å²) in [5, 5.41) is 0. The highest BCUT2D eigenvalue weighted by Gasteiger charge is 2.10. The maximum absolute atomic E-state index is 4.32. The van der Waals surface area contributed by atoms with E-state index >= 15 is 0 Å². The molecule has 0 nitrogen and oxygen atoms in total. The summed E-state index contributed by atoms with van der Waals surface area (Å²) < 4.78 is 1.12. The summed E-state index contributed by atoms with van der Waals surface area (Å²) in [6.07, 6.45) is 9.69. The monoisotopic (exact) mass is 348 g/mol. The average molecular weight is 349 g/mol. The molecule has 1 rings (SSSR count). The van der Waals surface area contributed by atoms with Crippen LogP contribution in [0.3, 0.4) is 0 Å². The van der Waals surface area contributed by atoms with Crippen molar-refractivity contribution in [3.8, 4) is 0 Å². The Bertz CT molecular complexity index is 471. The molecule has 0 amide bonds. The number of hydrogen-bond donors (Lipinski definition) is 0. The minimum atomic E-state index is 1.08. The van der Waals surface area contributed by atoms with Crippen molar-refractivity contribution in [1.82, 2.24) is 0 Å². The predicted octanol–water partition coefficient (Wildman–Crippen LogP) is 7.64. The summed E-state index contributed by atoms with van der Waals surface area (Å²) in [6.45, 7) is 13.1. The Morgan fingerprint density at radius 1 is 0.857 bits per heavy atom. The van der Waals surface area contributed by atoms with Crippen LogP contribution in [-0.2, 0) is 0 Å². The van der Waals surface area contributed by atoms with Crippen molar-refractivity contribution in [2.75, 3.05) is 0 Å². The molecule has 0 saturated carbocycles. The standard InChI is InChI=1S/C20H29Br/c1-5-7-9-11-16(3)19-14-13-18(21)15-20(19)17(4)12-10-8-6-2/h13-15H,3-12H2,1-2H3. The molecular weight excluding hydrogens is 320 g/mol. The van der Waals surface area contributed by atoms with Gasteiger partial charge in [-0.05, 0) is 60.1 Å². The van der Waals surface area contributed by atoms with E-state index in [-0.39, 0.29) is 0 Å². The lowest BCUT2D eigenvalue weighted by Crippen LogP contribution is -1.94. The van der Waals surface area contributed by atoms with E-state index in [1.165, 1.54) is 60.8 Å². The molecular formula is C20H29Br. The second kappa shape index (κ2) is 10.00. The second-order valence-electron chi connectivity index (χ2n) is 5.81. The number of rotatable bonds is 10. The van der Waals surface area contributed by atoms with Gasteiger partial charge in [0.15, 0.2) is 0 Å². The van der Waals surface area contributed by atoms with Gasteiger partial charge in [-0.3, -0.25) is 0 Å². The molecule has 1 aromatic carbocycles. The highest BCUT2D eigenvalue weighted by molar-refractivity contribution is 9.10. The molecule has 0 aliphatic carbocycles. The highest BCUT2D eigenvalue weighted by atomic mass is 79.9. The largest absolute Gasteiger partial charge is 0.0952 e. The molecule has 1 heteroatoms. The molecule has 0 aliphatic rings. The van der Waals surface area contributed by atoms with E-state index in [2.05, 4.69) is 61.1 Å². The quantitative estimate of drug-likeness (QED) is 0.381. The number of unbranched alkanes of at least 4 members (excludes halogenated alkanes) is 4. The highest BCUT2D eigenvalue weighted by Crippen LogP contribution is 2.31. The Labute approximate surface area is 139 Å². The van der Waals surface area contributed by atoms with Gasteiger partial charge in [-0.2, -0.15) is 0 Å². The lowest BCUT2D eigenvalue weighted by Gasteiger charge is -2.15. The van der Waals surface area contributed by atoms with Crippen LogP contribution in [0.5, 0.6) is 0 Å². The van der Waals surface area contributed by atoms with Gasteiger partial charge in [-0.1, -0.05) is 74.7 Å². The predicted molar refractivity (Wildman–Crippen MR) is 100 cm³/mol. The molecule has 0 unspecified atom stereocenters. The van der Waals surface area contributed by atoms with E-state index in [0.29, 0.717) is 0 Å². The second-order valence-corrected chi connectivity index (χ2v) is 6.73. The van der Waals surface area contributed by atoms with Gasteiger partial charge in [0.05, 0.1) is 0 Å². The molecule has 1 aromatic rings. The van der Waals surface area contributed by atoms with Crippen LogP contribution in [-0.4, -0.2) is 0 Å². The molecule has 0 fully saturated rings. The average Bonchev–Trinajstić information content (AvgIpc) is 2.47. The molecule has 0 bridgehead atoms. The lowest BCUT2D eigenvalue weighted by atomic mass is 9.91. The van der Waals surface area contributed by atoms with E-state index in [1.807, 2.05) is 0 Å². The Balaban J connectivity index is 2.83. The van der Waals surface area contributed by atoms with E-state index in [1.54, 1.807) is 0 Å². The molecule has 21 heavy (non-hydrogen) atoms. The summed E-state index contributed by atoms with van der Waals surface area (Å²) in [5.74, 6) is 0. The maximum atomic E-state index is 4.32. The Kier molecular flexibility index (Phi) is 8.68. The van der Waals surface area contributed by atoms with Gasteiger partial charge in [-0.15, -0.1) is 0 Å². The summed E-state index contributed by atoms with van der Waals surface area (Å²) in [5.41, 5.74) is 5.07. The van der Waals surface area contributed by atoms with E-state index < -0.39 is 0 Å². The van der Waals surface area contributed by atoms with Gasteiger partial charge in [0.2, 0.25) is 0 Å². The zero-order valence-electron chi connectivity index (χ0n) is 13.7. The van der Waals surface area contributed by atoms with Crippen LogP contribution in [0.1, 0.15) is 76.3 Å². The summed E-state index contributed by atoms with van der Waals surface area (Å²) >= 11 is 3.59. The van der Waals surface area contributed by atoms with Crippen molar-refractivity contribution in [2.24, 2.45) is 0 Å². The smallest absolute Gasteiger partial charge is 0.0181 e. The van der Waals surface area contributed by atoms with Crippen LogP contribution in [0.2, 0.25) is 0 Å². The van der Waals surface area contributed by atoms with Crippen molar-refractivity contribution < 1.29 is 0 Å². The minimum absolute atomic E-state index is 1.08. The fourth-order valence-corrected chi connectivity index (χ4v) is 2.92. The van der Waals surface area contributed by atoms with Crippen molar-refractivity contribution in [3.05, 3.63) is 47.0 Å². The molecule has 0 aromatic heterocycles. The van der Waals surface area contributed by atoms with Gasteiger partial charge >= 0.3 is 0 Å². The van der Waals surface area contributed by atoms with Gasteiger partial charge < -0.3 is 0 Å². The van der Waals surface area contributed by atoms with Gasteiger partial charge in [0.25, 0.3) is 0 Å². The maximum Gasteiger partial charge on any atom is 0.0181 e. The fourth-order valence-electron chi connectivity index (χ4n) is 2.56. The number of benzene rings is 1. The van der Waals surface area contributed by atoms with Crippen LogP contribution in [0.4, 0.5) is 0 Å². The first-order valence-corrected chi connectivity index (χ1v) is 9.05. The Hall–Kier alpha value is -0.820. The first-order chi connectivity index (χ1) is 10.1. The van der Waals surface area contributed by atoms with Crippen molar-refractivity contribution in [2.45, 2.75) is 65.2 Å². The number of hydrogen-bond acceptors (Lipinski definition) is 0. The summed E-state index contributed by atoms with van der Waals surface area (Å²) in [4.78, 5) is 0. The number of allylic oxidation sites excluding steroid dienone is 2. The molecule has 116 valence electrons. The first-order valence-electron chi connectivity index (χ1n) is 8.26. The van der Waals surface area contributed by atoms with Crippen molar-refractivity contribution in [1.29, 1.82) is 0 Å². The van der Waals surface area contributed by atoms with E-state index in [4.69, 9.17) is 0 Å². The van der Waals surface area contributed by atoms with Crippen LogP contribution >= 0.6 is 15.9 Å². The normalized spacial score (nSPS) is 10.6. The lowest BCUT2D eigenvalue weighted by molar-refractivity contribution is 0.733. The summed E-state index contributed by atoms with van der Waals surface area (Å²) in [6, 6.07) is 6.51. The molecule has 0 radical (unpaired) electrons. The minimum Gasteiger partial charge on any atom is -0.0952 e. The van der Waals surface area contributed by atoms with Crippen molar-refractivity contribution in [3.63, 3.8) is 0 Å². The molecule has 0 N–H and O–H groups in total. The molecule has 0 saturated heterocycles. The van der Waals surface area contributed by atoms with Crippen LogP contribution in [0.25, 0.3) is 11.1 Å².